The molecule has 0 fully saturated rings. The van der Waals surface area contributed by atoms with E-state index in [1.165, 1.54) is 0 Å². The Balaban J connectivity index is 3.99. The molecule has 11 heavy (non-hydrogen) atoms. The van der Waals surface area contributed by atoms with Gasteiger partial charge < -0.3 is 0 Å². The summed E-state index contributed by atoms with van der Waals surface area (Å²) in [6.45, 7) is 0. The molecule has 0 aromatic rings. The topological polar surface area (TPSA) is 104 Å². The summed E-state index contributed by atoms with van der Waals surface area (Å²) in [5.41, 5.74) is 5.08. The maximum atomic E-state index is 10.1. The first-order valence-corrected chi connectivity index (χ1v) is 6.96. The Morgan fingerprint density at radius 1 is 1.73 bits per heavy atom. The van der Waals surface area contributed by atoms with Crippen LogP contribution >= 0.6 is 6.03 Å². The van der Waals surface area contributed by atoms with Crippen molar-refractivity contribution in [3.8, 4) is 0 Å². The van der Waals surface area contributed by atoms with E-state index in [1.54, 1.807) is 15.6 Å². The first kappa shape index (κ1) is 11.2. The number of nitrogens with two attached hydrogens (primary N) is 1. The fourth-order valence-corrected chi connectivity index (χ4v) is 1.46. The molecule has 0 rings (SSSR count). The van der Waals surface area contributed by atoms with E-state index in [4.69, 9.17) is 20.6 Å². The van der Waals surface area contributed by atoms with Gasteiger partial charge in [-0.05, 0) is 0 Å². The molecule has 0 aliphatic carbocycles. The molecule has 0 unspecified atom stereocenters. The monoisotopic (exact) mass is 247 g/mol. The molecule has 5 N–H and O–H groups in total. The van der Waals surface area contributed by atoms with Crippen LogP contribution in [0, 0.1) is 0 Å². The molecule has 1 atom stereocenters. The maximum absolute atomic E-state index is 10.1. The number of carboxylic acids is 1. The van der Waals surface area contributed by atoms with Crippen LogP contribution in [-0.2, 0) is 4.79 Å². The second-order valence-electron chi connectivity index (χ2n) is 1.98. The quantitative estimate of drug-likeness (QED) is 0.349. The number of hydrogen-bond donors (Lipinski definition) is 4. The van der Waals surface area contributed by atoms with Crippen molar-refractivity contribution >= 4 is 33.4 Å². The van der Waals surface area contributed by atoms with Crippen molar-refractivity contribution in [2.75, 3.05) is 0 Å². The summed E-state index contributed by atoms with van der Waals surface area (Å²) in [7, 11) is 0. The van der Waals surface area contributed by atoms with Crippen molar-refractivity contribution in [2.45, 2.75) is 12.5 Å². The van der Waals surface area contributed by atoms with Gasteiger partial charge in [0.15, 0.2) is 0 Å². The predicted molar refractivity (Wildman–Crippen MR) is 44.8 cm³/mol. The zero-order valence-electron chi connectivity index (χ0n) is 5.58. The fourth-order valence-electron chi connectivity index (χ4n) is 0.356. The number of carboxylic acid groups (broad SMARTS) is 1. The molecule has 0 saturated heterocycles. The molecular formula is C4H10NO4PSe. The molecular weight excluding hydrogens is 236 g/mol. The van der Waals surface area contributed by atoms with Gasteiger partial charge in [0.05, 0.1) is 0 Å². The summed E-state index contributed by atoms with van der Waals surface area (Å²) in [6, 6.07) is -4.10. The summed E-state index contributed by atoms with van der Waals surface area (Å²) >= 11 is 1.68. The van der Waals surface area contributed by atoms with Crippen molar-refractivity contribution in [1.29, 1.82) is 0 Å². The first-order valence-electron chi connectivity index (χ1n) is 2.72. The van der Waals surface area contributed by atoms with E-state index in [0.717, 1.165) is 5.80 Å². The SMILES string of the molecule is N[C@H](CC=P(O)(O)[SeH])C(=O)O. The third-order valence-corrected chi connectivity index (χ3v) is 2.65. The molecule has 0 bridgehead atoms. The summed E-state index contributed by atoms with van der Waals surface area (Å²) in [4.78, 5) is 27.7. The average molecular weight is 246 g/mol. The van der Waals surface area contributed by atoms with Crippen molar-refractivity contribution in [1.82, 2.24) is 0 Å². The van der Waals surface area contributed by atoms with Crippen molar-refractivity contribution in [3.63, 3.8) is 0 Å². The summed E-state index contributed by atoms with van der Waals surface area (Å²) < 4.78 is 0. The van der Waals surface area contributed by atoms with Crippen LogP contribution in [-0.4, -0.2) is 48.3 Å². The van der Waals surface area contributed by atoms with Gasteiger partial charge in [-0.3, -0.25) is 0 Å². The predicted octanol–water partition coefficient (Wildman–Crippen LogP) is -1.76. The molecule has 0 amide bonds. The van der Waals surface area contributed by atoms with Gasteiger partial charge in [0.25, 0.3) is 0 Å². The molecule has 0 aromatic heterocycles. The second kappa shape index (κ2) is 4.26. The van der Waals surface area contributed by atoms with Crippen molar-refractivity contribution in [3.05, 3.63) is 0 Å². The third-order valence-electron chi connectivity index (χ3n) is 0.921. The van der Waals surface area contributed by atoms with Crippen molar-refractivity contribution in [2.24, 2.45) is 5.73 Å². The third kappa shape index (κ3) is 6.56. The number of carbonyl (C=O) groups is 1. The molecule has 0 spiro atoms. The molecule has 5 nitrogen and oxygen atoms in total. The van der Waals surface area contributed by atoms with Crippen LogP contribution < -0.4 is 5.73 Å². The number of aliphatic carboxylic acids is 1. The van der Waals surface area contributed by atoms with E-state index in [0.29, 0.717) is 0 Å². The average Bonchev–Trinajstić information content (AvgIpc) is 1.80. The molecule has 0 radical (unpaired) electrons. The fraction of sp³-hybridized carbons (Fsp3) is 0.500. The van der Waals surface area contributed by atoms with Gasteiger partial charge in [-0.15, -0.1) is 0 Å². The Morgan fingerprint density at radius 2 is 2.18 bits per heavy atom. The van der Waals surface area contributed by atoms with E-state index < -0.39 is 18.0 Å². The van der Waals surface area contributed by atoms with Gasteiger partial charge in [0.2, 0.25) is 0 Å². The molecule has 0 aromatic carbocycles. The Morgan fingerprint density at radius 3 is 2.45 bits per heavy atom. The summed E-state index contributed by atoms with van der Waals surface area (Å²) in [5, 5.41) is 8.28. The number of hydrogen-bond acceptors (Lipinski definition) is 4. The van der Waals surface area contributed by atoms with Gasteiger partial charge in [0.1, 0.15) is 0 Å². The minimum absolute atomic E-state index is 0.0368. The Kier molecular flexibility index (Phi) is 4.32. The Labute approximate surface area is 71.8 Å². The van der Waals surface area contributed by atoms with Crippen LogP contribution in [0.2, 0.25) is 0 Å². The Bertz CT molecular complexity index is 192. The van der Waals surface area contributed by atoms with Crippen LogP contribution in [0.25, 0.3) is 0 Å². The van der Waals surface area contributed by atoms with Gasteiger partial charge in [0, 0.05) is 0 Å². The molecule has 0 aliphatic rings. The van der Waals surface area contributed by atoms with E-state index in [9.17, 15) is 4.79 Å². The van der Waals surface area contributed by atoms with E-state index in [1.807, 2.05) is 0 Å². The summed E-state index contributed by atoms with van der Waals surface area (Å²) in [6.07, 6.45) is -0.0368. The molecule has 7 heteroatoms. The van der Waals surface area contributed by atoms with Gasteiger partial charge in [-0.2, -0.15) is 0 Å². The second-order valence-corrected chi connectivity index (χ2v) is 7.28. The zero-order chi connectivity index (χ0) is 9.07. The van der Waals surface area contributed by atoms with E-state index >= 15 is 0 Å². The standard InChI is InChI=1S/C4H10NO4PSe/c5-3(4(6)7)1-2-10(8,9)11/h2-3,8-9,11H,1,5H2,(H,6,7)/t3-/m1/s1. The molecule has 0 heterocycles. The summed E-state index contributed by atoms with van der Waals surface area (Å²) in [5.74, 6) is -0.0339. The van der Waals surface area contributed by atoms with Crippen LogP contribution in [0.3, 0.4) is 0 Å². The van der Waals surface area contributed by atoms with Crippen molar-refractivity contribution < 1.29 is 19.7 Å². The molecule has 0 aliphatic heterocycles. The van der Waals surface area contributed by atoms with E-state index in [2.05, 4.69) is 0 Å². The van der Waals surface area contributed by atoms with E-state index in [-0.39, 0.29) is 6.42 Å². The number of rotatable bonds is 3. The van der Waals surface area contributed by atoms with Crippen LogP contribution in [0.1, 0.15) is 6.42 Å². The van der Waals surface area contributed by atoms with Crippen LogP contribution in [0.5, 0.6) is 0 Å². The normalized spacial score (nSPS) is 14.2. The van der Waals surface area contributed by atoms with Gasteiger partial charge >= 0.3 is 71.3 Å². The molecule has 0 saturated carbocycles. The Hall–Kier alpha value is 0.169. The van der Waals surface area contributed by atoms with Gasteiger partial charge in [-0.1, -0.05) is 0 Å². The first-order chi connectivity index (χ1) is 4.83. The van der Waals surface area contributed by atoms with Crippen LogP contribution in [0.15, 0.2) is 0 Å². The van der Waals surface area contributed by atoms with Crippen LogP contribution in [0.4, 0.5) is 0 Å². The zero-order valence-corrected chi connectivity index (χ0v) is 8.35. The molecule has 66 valence electrons. The van der Waals surface area contributed by atoms with Gasteiger partial charge in [-0.25, -0.2) is 0 Å². The minimum atomic E-state index is -3.04.